The number of nitrogens with one attached hydrogen (secondary N) is 1. The van der Waals surface area contributed by atoms with Gasteiger partial charge in [-0.2, -0.15) is 0 Å². The second-order valence-electron chi connectivity index (χ2n) is 5.76. The molecule has 0 fully saturated rings. The van der Waals surface area contributed by atoms with Crippen molar-refractivity contribution in [3.05, 3.63) is 80.5 Å². The third-order valence-corrected chi connectivity index (χ3v) is 5.18. The van der Waals surface area contributed by atoms with E-state index < -0.39 is 0 Å². The van der Waals surface area contributed by atoms with Gasteiger partial charge in [0.2, 0.25) is 0 Å². The number of hydrazine groups is 1. The van der Waals surface area contributed by atoms with E-state index in [0.29, 0.717) is 13.3 Å². The quantitative estimate of drug-likeness (QED) is 0.460. The number of benzene rings is 2. The highest BCUT2D eigenvalue weighted by Gasteiger charge is 2.16. The summed E-state index contributed by atoms with van der Waals surface area (Å²) in [6.45, 7) is 3.08. The second-order valence-corrected chi connectivity index (χ2v) is 7.87. The largest absolute Gasteiger partial charge is 0.300 e. The topological polar surface area (TPSA) is 27.7 Å². The van der Waals surface area contributed by atoms with Crippen LogP contribution < -0.4 is 5.43 Å². The summed E-state index contributed by atoms with van der Waals surface area (Å²) in [6.07, 6.45) is 2.69. The molecule has 0 radical (unpaired) electrons. The van der Waals surface area contributed by atoms with E-state index >= 15 is 0 Å². The number of hydrogen-bond acceptors (Lipinski definition) is 4. The molecule has 0 saturated carbocycles. The average Bonchev–Trinajstić information content (AvgIpc) is 2.58. The molecule has 1 heterocycles. The highest BCUT2D eigenvalue weighted by Crippen LogP contribution is 2.26. The van der Waals surface area contributed by atoms with Gasteiger partial charge < -0.3 is 0 Å². The van der Waals surface area contributed by atoms with Crippen LogP contribution in [0.4, 0.5) is 0 Å². The van der Waals surface area contributed by atoms with Gasteiger partial charge in [-0.15, -0.1) is 4.03 Å². The third kappa shape index (κ3) is 4.99. The first-order chi connectivity index (χ1) is 12.0. The summed E-state index contributed by atoms with van der Waals surface area (Å²) in [5, 5.41) is 2.54. The fourth-order valence-electron chi connectivity index (χ4n) is 2.67. The van der Waals surface area contributed by atoms with Crippen molar-refractivity contribution in [2.45, 2.75) is 20.0 Å². The van der Waals surface area contributed by atoms with Gasteiger partial charge in [-0.1, -0.05) is 48.0 Å². The molecule has 1 N–H and O–H groups in total. The molecule has 0 saturated heterocycles. The van der Waals surface area contributed by atoms with E-state index in [2.05, 4.69) is 68.7 Å². The Hall–Kier alpha value is -1.05. The van der Waals surface area contributed by atoms with Crippen LogP contribution in [0.15, 0.2) is 53.3 Å². The van der Waals surface area contributed by atoms with Crippen LogP contribution >= 0.6 is 43.7 Å². The van der Waals surface area contributed by atoms with Crippen LogP contribution in [0.25, 0.3) is 0 Å². The molecule has 1 aliphatic heterocycles. The zero-order chi connectivity index (χ0) is 17.8. The molecule has 4 nitrogen and oxygen atoms in total. The first-order valence-electron chi connectivity index (χ1n) is 7.80. The van der Waals surface area contributed by atoms with Crippen molar-refractivity contribution < 1.29 is 4.84 Å². The van der Waals surface area contributed by atoms with E-state index in [1.807, 2.05) is 24.4 Å². The molecule has 0 aliphatic carbocycles. The molecule has 25 heavy (non-hydrogen) atoms. The van der Waals surface area contributed by atoms with Crippen molar-refractivity contribution >= 4 is 43.7 Å². The number of hydroxylamine groups is 2. The van der Waals surface area contributed by atoms with Crippen molar-refractivity contribution in [1.82, 2.24) is 14.5 Å². The normalized spacial score (nSPS) is 15.0. The van der Waals surface area contributed by atoms with Crippen LogP contribution in [0.2, 0.25) is 5.02 Å². The molecule has 2 aromatic carbocycles. The van der Waals surface area contributed by atoms with E-state index in [-0.39, 0.29) is 0 Å². The molecular formula is C18H18Br2ClN3O. The van der Waals surface area contributed by atoms with E-state index in [1.54, 1.807) is 9.10 Å². The van der Waals surface area contributed by atoms with Gasteiger partial charge in [-0.05, 0) is 57.6 Å². The lowest BCUT2D eigenvalue weighted by Gasteiger charge is -2.30. The van der Waals surface area contributed by atoms with Crippen LogP contribution in [0.5, 0.6) is 0 Å². The first kappa shape index (κ1) is 18.7. The highest BCUT2D eigenvalue weighted by atomic mass is 79.9. The summed E-state index contributed by atoms with van der Waals surface area (Å²) in [5.74, 6) is 0. The lowest BCUT2D eigenvalue weighted by molar-refractivity contribution is -0.154. The van der Waals surface area contributed by atoms with Crippen LogP contribution in [-0.4, -0.2) is 15.8 Å². The molecule has 0 aromatic heterocycles. The molecule has 3 rings (SSSR count). The van der Waals surface area contributed by atoms with Gasteiger partial charge in [-0.25, -0.2) is 5.06 Å². The number of rotatable bonds is 5. The van der Waals surface area contributed by atoms with E-state index in [4.69, 9.17) is 16.4 Å². The van der Waals surface area contributed by atoms with Crippen molar-refractivity contribution in [1.29, 1.82) is 0 Å². The van der Waals surface area contributed by atoms with Gasteiger partial charge in [0.15, 0.2) is 0 Å². The fraction of sp³-hybridized carbons (Fsp3) is 0.222. The van der Waals surface area contributed by atoms with E-state index in [1.165, 1.54) is 11.1 Å². The van der Waals surface area contributed by atoms with E-state index in [0.717, 1.165) is 27.2 Å². The molecule has 2 aromatic rings. The van der Waals surface area contributed by atoms with Crippen molar-refractivity contribution in [2.24, 2.45) is 0 Å². The lowest BCUT2D eigenvalue weighted by Crippen LogP contribution is -2.41. The van der Waals surface area contributed by atoms with Crippen LogP contribution in [-0.2, 0) is 17.9 Å². The van der Waals surface area contributed by atoms with Crippen LogP contribution in [0.1, 0.15) is 22.3 Å². The standard InChI is InChI=1S/C18H18Br2ClN3O/c1-13-16(9-14-5-3-2-4-6-14)15(7-8-17(13)21)11-25-23-10-18(19)22-24(20)12-23/h2-8,10,22H,9,11-12H2,1H3. The van der Waals surface area contributed by atoms with Crippen LogP contribution in [0.3, 0.4) is 0 Å². The van der Waals surface area contributed by atoms with E-state index in [9.17, 15) is 0 Å². The maximum Gasteiger partial charge on any atom is 0.126 e. The summed E-state index contributed by atoms with van der Waals surface area (Å²) >= 11 is 13.2. The first-order valence-corrected chi connectivity index (χ1v) is 9.68. The summed E-state index contributed by atoms with van der Waals surface area (Å²) in [5.41, 5.74) is 7.76. The number of halogens is 3. The molecule has 1 aliphatic rings. The van der Waals surface area contributed by atoms with Gasteiger partial charge in [0.1, 0.15) is 17.9 Å². The Kier molecular flexibility index (Phi) is 6.41. The van der Waals surface area contributed by atoms with Crippen molar-refractivity contribution in [2.75, 3.05) is 6.67 Å². The smallest absolute Gasteiger partial charge is 0.126 e. The Balaban J connectivity index is 1.79. The Bertz CT molecular complexity index is 770. The molecule has 7 heteroatoms. The number of hydrogen-bond donors (Lipinski definition) is 1. The minimum atomic E-state index is 0.470. The fourth-order valence-corrected chi connectivity index (χ4v) is 3.94. The summed E-state index contributed by atoms with van der Waals surface area (Å²) < 4.78 is 2.56. The van der Waals surface area contributed by atoms with Gasteiger partial charge in [0, 0.05) is 21.2 Å². The Morgan fingerprint density at radius 1 is 1.20 bits per heavy atom. The second kappa shape index (κ2) is 8.56. The minimum absolute atomic E-state index is 0.470. The maximum atomic E-state index is 6.35. The SMILES string of the molecule is Cc1c(Cl)ccc(CON2C=C(Br)NN(Br)C2)c1Cc1ccccc1. The van der Waals surface area contributed by atoms with Gasteiger partial charge in [0.25, 0.3) is 0 Å². The summed E-state index contributed by atoms with van der Waals surface area (Å²) in [7, 11) is 0. The monoisotopic (exact) mass is 485 g/mol. The van der Waals surface area contributed by atoms with Gasteiger partial charge in [0.05, 0.1) is 6.20 Å². The molecule has 132 valence electrons. The maximum absolute atomic E-state index is 6.35. The van der Waals surface area contributed by atoms with Crippen molar-refractivity contribution in [3.63, 3.8) is 0 Å². The van der Waals surface area contributed by atoms with Gasteiger partial charge >= 0.3 is 0 Å². The summed E-state index contributed by atoms with van der Waals surface area (Å²) in [4.78, 5) is 5.96. The Morgan fingerprint density at radius 3 is 2.68 bits per heavy atom. The zero-order valence-corrected chi connectivity index (χ0v) is 17.6. The third-order valence-electron chi connectivity index (χ3n) is 3.99. The summed E-state index contributed by atoms with van der Waals surface area (Å²) in [6, 6.07) is 14.4. The Labute approximate surface area is 169 Å². The molecule has 0 amide bonds. The molecule has 0 spiro atoms. The molecule has 0 unspecified atom stereocenters. The molecule has 0 atom stereocenters. The lowest BCUT2D eigenvalue weighted by atomic mass is 9.95. The zero-order valence-electron chi connectivity index (χ0n) is 13.7. The van der Waals surface area contributed by atoms with Crippen LogP contribution in [0, 0.1) is 6.92 Å². The predicted octanol–water partition coefficient (Wildman–Crippen LogP) is 5.25. The molecular weight excluding hydrogens is 469 g/mol. The van der Waals surface area contributed by atoms with Crippen molar-refractivity contribution in [3.8, 4) is 0 Å². The number of nitrogens with zero attached hydrogens (tertiary/aromatic N) is 2. The predicted molar refractivity (Wildman–Crippen MR) is 108 cm³/mol. The minimum Gasteiger partial charge on any atom is -0.300 e. The van der Waals surface area contributed by atoms with Gasteiger partial charge in [-0.3, -0.25) is 10.3 Å². The molecule has 0 bridgehead atoms. The Morgan fingerprint density at radius 2 is 1.96 bits per heavy atom. The average molecular weight is 488 g/mol. The highest BCUT2D eigenvalue weighted by molar-refractivity contribution is 9.11.